The van der Waals surface area contributed by atoms with E-state index in [1.54, 1.807) is 31.2 Å². The minimum Gasteiger partial charge on any atom is -0.420 e. The predicted octanol–water partition coefficient (Wildman–Crippen LogP) is 2.69. The number of carbonyl (C=O) groups is 1. The zero-order valence-electron chi connectivity index (χ0n) is 11.5. The van der Waals surface area contributed by atoms with E-state index in [2.05, 4.69) is 9.97 Å². The molecule has 0 aliphatic rings. The molecule has 0 aliphatic carbocycles. The second-order valence-electron chi connectivity index (χ2n) is 4.66. The van der Waals surface area contributed by atoms with Gasteiger partial charge in [0.05, 0.1) is 22.0 Å². The Bertz CT molecular complexity index is 895. The van der Waals surface area contributed by atoms with Crippen molar-refractivity contribution >= 4 is 28.2 Å². The molecule has 0 amide bonds. The van der Waals surface area contributed by atoms with Gasteiger partial charge in [0.1, 0.15) is 11.2 Å². The lowest BCUT2D eigenvalue weighted by molar-refractivity contribution is 0.0994. The van der Waals surface area contributed by atoms with Crippen molar-refractivity contribution in [2.45, 2.75) is 20.3 Å². The van der Waals surface area contributed by atoms with Gasteiger partial charge in [-0.05, 0) is 26.0 Å². The van der Waals surface area contributed by atoms with Crippen LogP contribution in [0.4, 0.5) is 0 Å². The third-order valence-corrected chi connectivity index (χ3v) is 4.16. The van der Waals surface area contributed by atoms with Crippen LogP contribution < -0.4 is 5.63 Å². The van der Waals surface area contributed by atoms with Gasteiger partial charge in [0.2, 0.25) is 0 Å². The number of thiazole rings is 1. The summed E-state index contributed by atoms with van der Waals surface area (Å²) in [4.78, 5) is 33.2. The van der Waals surface area contributed by atoms with Crippen LogP contribution in [0.1, 0.15) is 26.1 Å². The van der Waals surface area contributed by atoms with E-state index in [9.17, 15) is 9.59 Å². The molecule has 0 N–H and O–H groups in total. The summed E-state index contributed by atoms with van der Waals surface area (Å²) in [7, 11) is 0. The summed E-state index contributed by atoms with van der Waals surface area (Å²) < 4.78 is 5.18. The van der Waals surface area contributed by atoms with Crippen molar-refractivity contribution in [2.24, 2.45) is 0 Å². The largest absolute Gasteiger partial charge is 0.420 e. The summed E-state index contributed by atoms with van der Waals surface area (Å²) in [5.74, 6) is -0.159. The van der Waals surface area contributed by atoms with Crippen LogP contribution >= 0.6 is 11.3 Å². The molecular formula is C15H12N2O3S. The maximum Gasteiger partial charge on any atom is 0.358 e. The second kappa shape index (κ2) is 5.21. The van der Waals surface area contributed by atoms with Crippen molar-refractivity contribution in [3.05, 3.63) is 56.0 Å². The van der Waals surface area contributed by atoms with Gasteiger partial charge in [-0.2, -0.15) is 0 Å². The van der Waals surface area contributed by atoms with Crippen LogP contribution in [0, 0.1) is 13.8 Å². The molecule has 6 heteroatoms. The van der Waals surface area contributed by atoms with Gasteiger partial charge >= 0.3 is 5.63 Å². The molecule has 0 fully saturated rings. The number of ketones is 1. The van der Waals surface area contributed by atoms with Crippen LogP contribution in [-0.4, -0.2) is 15.8 Å². The number of carbonyl (C=O) groups excluding carboxylic acids is 1. The Balaban J connectivity index is 1.98. The lowest BCUT2D eigenvalue weighted by Gasteiger charge is -2.00. The highest BCUT2D eigenvalue weighted by Crippen LogP contribution is 2.19. The molecule has 3 aromatic rings. The van der Waals surface area contributed by atoms with Gasteiger partial charge in [0, 0.05) is 0 Å². The van der Waals surface area contributed by atoms with Gasteiger partial charge in [0.15, 0.2) is 11.4 Å². The Morgan fingerprint density at radius 3 is 2.71 bits per heavy atom. The maximum absolute atomic E-state index is 12.3. The number of Topliss-reactive ketones (excluding diaryl/α,β-unsaturated/α-hetero) is 1. The van der Waals surface area contributed by atoms with Gasteiger partial charge in [-0.3, -0.25) is 4.79 Å². The van der Waals surface area contributed by atoms with E-state index in [4.69, 9.17) is 4.42 Å². The van der Waals surface area contributed by atoms with Crippen LogP contribution in [0.3, 0.4) is 0 Å². The first-order chi connectivity index (χ1) is 10.0. The fraction of sp³-hybridized carbons (Fsp3) is 0.200. The number of hydrogen-bond acceptors (Lipinski definition) is 6. The minimum atomic E-state index is -0.569. The molecule has 1 aromatic carbocycles. The van der Waals surface area contributed by atoms with Crippen molar-refractivity contribution in [1.29, 1.82) is 0 Å². The monoisotopic (exact) mass is 300 g/mol. The third-order valence-electron chi connectivity index (χ3n) is 3.04. The number of nitrogens with zero attached hydrogens (tertiary/aromatic N) is 2. The zero-order chi connectivity index (χ0) is 15.0. The molecule has 5 nitrogen and oxygen atoms in total. The number of benzene rings is 1. The molecule has 0 aliphatic heterocycles. The SMILES string of the molecule is Cc1nc(C)c(C(=O)Cc2nc3ccccc3oc2=O)s1. The Kier molecular flexibility index (Phi) is 3.39. The minimum absolute atomic E-state index is 0.0738. The molecule has 0 unspecified atom stereocenters. The van der Waals surface area contributed by atoms with Gasteiger partial charge in [-0.25, -0.2) is 14.8 Å². The van der Waals surface area contributed by atoms with Crippen LogP contribution in [0.25, 0.3) is 11.1 Å². The van der Waals surface area contributed by atoms with Gasteiger partial charge in [0.25, 0.3) is 0 Å². The summed E-state index contributed by atoms with van der Waals surface area (Å²) in [6.45, 7) is 3.63. The highest BCUT2D eigenvalue weighted by Gasteiger charge is 2.18. The van der Waals surface area contributed by atoms with Crippen molar-refractivity contribution in [1.82, 2.24) is 9.97 Å². The molecule has 0 atom stereocenters. The maximum atomic E-state index is 12.3. The average Bonchev–Trinajstić information content (AvgIpc) is 2.78. The molecule has 2 aromatic heterocycles. The fourth-order valence-electron chi connectivity index (χ4n) is 2.12. The van der Waals surface area contributed by atoms with E-state index in [0.717, 1.165) is 5.01 Å². The normalized spacial score (nSPS) is 11.0. The summed E-state index contributed by atoms with van der Waals surface area (Å²) in [5, 5.41) is 0.828. The Hall–Kier alpha value is -2.34. The first kappa shape index (κ1) is 13.6. The van der Waals surface area contributed by atoms with Crippen LogP contribution in [-0.2, 0) is 6.42 Å². The number of aromatic nitrogens is 2. The molecule has 0 saturated heterocycles. The van der Waals surface area contributed by atoms with E-state index in [-0.39, 0.29) is 17.9 Å². The first-order valence-corrected chi connectivity index (χ1v) is 7.22. The van der Waals surface area contributed by atoms with E-state index in [0.29, 0.717) is 21.7 Å². The third kappa shape index (κ3) is 2.62. The number of rotatable bonds is 3. The number of aryl methyl sites for hydroxylation is 2. The van der Waals surface area contributed by atoms with Crippen molar-refractivity contribution < 1.29 is 9.21 Å². The van der Waals surface area contributed by atoms with Crippen LogP contribution in [0.5, 0.6) is 0 Å². The molecule has 0 radical (unpaired) electrons. The van der Waals surface area contributed by atoms with E-state index in [1.165, 1.54) is 11.3 Å². The topological polar surface area (TPSA) is 73.1 Å². The van der Waals surface area contributed by atoms with Gasteiger partial charge < -0.3 is 4.42 Å². The summed E-state index contributed by atoms with van der Waals surface area (Å²) in [6.07, 6.45) is -0.0738. The van der Waals surface area contributed by atoms with E-state index < -0.39 is 5.63 Å². The van der Waals surface area contributed by atoms with Crippen molar-refractivity contribution in [3.8, 4) is 0 Å². The zero-order valence-corrected chi connectivity index (χ0v) is 12.4. The van der Waals surface area contributed by atoms with Crippen molar-refractivity contribution in [3.63, 3.8) is 0 Å². The lowest BCUT2D eigenvalue weighted by Crippen LogP contribution is -2.15. The predicted molar refractivity (Wildman–Crippen MR) is 79.9 cm³/mol. The number of para-hydroxylation sites is 2. The Morgan fingerprint density at radius 1 is 1.24 bits per heavy atom. The summed E-state index contributed by atoms with van der Waals surface area (Å²) in [5.41, 5.74) is 1.23. The molecular weight excluding hydrogens is 288 g/mol. The molecule has 0 bridgehead atoms. The van der Waals surface area contributed by atoms with E-state index in [1.807, 2.05) is 6.92 Å². The van der Waals surface area contributed by atoms with Crippen molar-refractivity contribution in [2.75, 3.05) is 0 Å². The highest BCUT2D eigenvalue weighted by molar-refractivity contribution is 7.13. The second-order valence-corrected chi connectivity index (χ2v) is 5.87. The molecule has 21 heavy (non-hydrogen) atoms. The summed E-state index contributed by atoms with van der Waals surface area (Å²) >= 11 is 1.33. The van der Waals surface area contributed by atoms with E-state index >= 15 is 0 Å². The number of hydrogen-bond donors (Lipinski definition) is 0. The Labute approximate surface area is 124 Å². The van der Waals surface area contributed by atoms with Crippen LogP contribution in [0.15, 0.2) is 33.5 Å². The molecule has 0 spiro atoms. The fourth-order valence-corrected chi connectivity index (χ4v) is 2.98. The summed E-state index contributed by atoms with van der Waals surface area (Å²) in [6, 6.07) is 6.99. The van der Waals surface area contributed by atoms with Crippen LogP contribution in [0.2, 0.25) is 0 Å². The molecule has 2 heterocycles. The smallest absolute Gasteiger partial charge is 0.358 e. The molecule has 3 rings (SSSR count). The molecule has 106 valence electrons. The molecule has 0 saturated carbocycles. The average molecular weight is 300 g/mol. The van der Waals surface area contributed by atoms with Gasteiger partial charge in [-0.1, -0.05) is 12.1 Å². The quantitative estimate of drug-likeness (QED) is 0.695. The lowest BCUT2D eigenvalue weighted by atomic mass is 10.2. The standard InChI is InChI=1S/C15H12N2O3S/c1-8-14(21-9(2)16-8)12(18)7-11-15(19)20-13-6-4-3-5-10(13)17-11/h3-6H,7H2,1-2H3. The Morgan fingerprint density at radius 2 is 2.00 bits per heavy atom. The number of fused-ring (bicyclic) bond motifs is 1. The highest BCUT2D eigenvalue weighted by atomic mass is 32.1. The van der Waals surface area contributed by atoms with Gasteiger partial charge in [-0.15, -0.1) is 11.3 Å². The first-order valence-electron chi connectivity index (χ1n) is 6.40.